The molecule has 1 fully saturated rings. The molecule has 4 N–H and O–H groups in total. The average Bonchev–Trinajstić information content (AvgIpc) is 3.36. The summed E-state index contributed by atoms with van der Waals surface area (Å²) in [5, 5.41) is 35.5. The van der Waals surface area contributed by atoms with E-state index < -0.39 is 22.1 Å². The molecular formula is C25H33N7O6S. The first-order chi connectivity index (χ1) is 18.6. The number of anilines is 2. The highest BCUT2D eigenvalue weighted by Gasteiger charge is 2.21. The Kier molecular flexibility index (Phi) is 8.99. The van der Waals surface area contributed by atoms with Crippen LogP contribution in [-0.2, 0) is 26.1 Å². The Morgan fingerprint density at radius 1 is 1.18 bits per heavy atom. The second-order valence-corrected chi connectivity index (χ2v) is 11.1. The van der Waals surface area contributed by atoms with Crippen molar-refractivity contribution in [2.75, 3.05) is 42.1 Å². The van der Waals surface area contributed by atoms with E-state index in [0.29, 0.717) is 24.5 Å². The Balaban J connectivity index is 1.28. The van der Waals surface area contributed by atoms with E-state index in [1.165, 1.54) is 16.8 Å². The zero-order valence-corrected chi connectivity index (χ0v) is 22.6. The number of esters is 1. The fourth-order valence-electron chi connectivity index (χ4n) is 4.45. The van der Waals surface area contributed by atoms with Crippen LogP contribution in [0.25, 0.3) is 11.4 Å². The van der Waals surface area contributed by atoms with Crippen LogP contribution in [0.15, 0.2) is 42.5 Å². The fraction of sp³-hybridized carbons (Fsp3) is 0.440. The Bertz CT molecular complexity index is 1370. The molecule has 39 heavy (non-hydrogen) atoms. The summed E-state index contributed by atoms with van der Waals surface area (Å²) in [6, 6.07) is 12.4. The lowest BCUT2D eigenvalue weighted by Gasteiger charge is -2.34. The third-order valence-corrected chi connectivity index (χ3v) is 6.99. The van der Waals surface area contributed by atoms with Gasteiger partial charge in [-0.25, -0.2) is 13.1 Å². The quantitative estimate of drug-likeness (QED) is 0.197. The van der Waals surface area contributed by atoms with Gasteiger partial charge in [-0.15, -0.1) is 5.10 Å². The lowest BCUT2D eigenvalue weighted by Crippen LogP contribution is -2.43. The molecule has 13 nitrogen and oxygen atoms in total. The number of nitrogens with one attached hydrogen (secondary N) is 2. The van der Waals surface area contributed by atoms with E-state index in [-0.39, 0.29) is 24.0 Å². The molecule has 0 saturated carbocycles. The molecule has 3 aromatic rings. The summed E-state index contributed by atoms with van der Waals surface area (Å²) < 4.78 is 31.7. The number of hydrogen-bond donors (Lipinski definition) is 4. The number of sulfonamides is 1. The van der Waals surface area contributed by atoms with Crippen molar-refractivity contribution in [1.82, 2.24) is 25.5 Å². The molecule has 0 bridgehead atoms. The van der Waals surface area contributed by atoms with E-state index in [4.69, 9.17) is 4.74 Å². The minimum Gasteiger partial charge on any atom is -0.506 e. The SMILES string of the molecule is CCOC(=O)Cn1nnnc1-c1ccc(N2CCC(NC[C@H](O)c3ccc(O)c(NS(C)(=O)=O)c3)CC2)cc1. The van der Waals surface area contributed by atoms with Crippen LogP contribution in [0, 0.1) is 0 Å². The van der Waals surface area contributed by atoms with E-state index in [9.17, 15) is 23.4 Å². The standard InChI is InChI=1S/C25H33N7O6S/c1-3-38-24(35)16-32-25(27-29-30-32)17-4-7-20(8-5-17)31-12-10-19(11-13-31)26-15-23(34)18-6-9-22(33)21(14-18)28-39(2,36)37/h4-9,14,19,23,26,28,33-34H,3,10-13,15-16H2,1-2H3/t23-/m0/s1. The predicted octanol–water partition coefficient (Wildman–Crippen LogP) is 1.27. The number of phenols is 1. The molecule has 14 heteroatoms. The lowest BCUT2D eigenvalue weighted by molar-refractivity contribution is -0.144. The Morgan fingerprint density at radius 3 is 2.56 bits per heavy atom. The third-order valence-electron chi connectivity index (χ3n) is 6.40. The smallest absolute Gasteiger partial charge is 0.327 e. The first kappa shape index (κ1) is 28.3. The van der Waals surface area contributed by atoms with E-state index in [1.807, 2.05) is 24.3 Å². The van der Waals surface area contributed by atoms with Crippen molar-refractivity contribution in [3.63, 3.8) is 0 Å². The van der Waals surface area contributed by atoms with E-state index in [0.717, 1.165) is 43.4 Å². The van der Waals surface area contributed by atoms with Gasteiger partial charge in [-0.2, -0.15) is 0 Å². The minimum atomic E-state index is -3.56. The summed E-state index contributed by atoms with van der Waals surface area (Å²) in [4.78, 5) is 14.1. The minimum absolute atomic E-state index is 0.0314. The Labute approximate surface area is 226 Å². The lowest BCUT2D eigenvalue weighted by atomic mass is 10.0. The number of aromatic nitrogens is 4. The number of ether oxygens (including phenoxy) is 1. The van der Waals surface area contributed by atoms with Crippen LogP contribution in [0.3, 0.4) is 0 Å². The number of tetrazole rings is 1. The molecule has 0 spiro atoms. The Hall–Kier alpha value is -3.75. The number of aromatic hydroxyl groups is 1. The normalized spacial score (nSPS) is 15.2. The molecule has 4 rings (SSSR count). The zero-order chi connectivity index (χ0) is 28.0. The molecule has 210 valence electrons. The zero-order valence-electron chi connectivity index (χ0n) is 21.8. The molecule has 1 atom stereocenters. The van der Waals surface area contributed by atoms with Crippen LogP contribution >= 0.6 is 0 Å². The molecule has 0 amide bonds. The van der Waals surface area contributed by atoms with Crippen molar-refractivity contribution in [2.45, 2.75) is 38.5 Å². The van der Waals surface area contributed by atoms with Crippen molar-refractivity contribution in [2.24, 2.45) is 0 Å². The third kappa shape index (κ3) is 7.65. The molecule has 1 aromatic heterocycles. The molecule has 1 aliphatic rings. The van der Waals surface area contributed by atoms with Crippen LogP contribution in [0.2, 0.25) is 0 Å². The summed E-state index contributed by atoms with van der Waals surface area (Å²) >= 11 is 0. The number of phenolic OH excluding ortho intramolecular Hbond substituents is 1. The second kappa shape index (κ2) is 12.4. The van der Waals surface area contributed by atoms with Gasteiger partial charge in [0, 0.05) is 36.9 Å². The van der Waals surface area contributed by atoms with Crippen molar-refractivity contribution in [3.05, 3.63) is 48.0 Å². The average molecular weight is 560 g/mol. The van der Waals surface area contributed by atoms with Gasteiger partial charge in [0.15, 0.2) is 5.82 Å². The van der Waals surface area contributed by atoms with Crippen LogP contribution in [0.5, 0.6) is 5.75 Å². The van der Waals surface area contributed by atoms with Gasteiger partial charge in [0.25, 0.3) is 0 Å². The topological polar surface area (TPSA) is 172 Å². The van der Waals surface area contributed by atoms with Gasteiger partial charge in [-0.3, -0.25) is 9.52 Å². The van der Waals surface area contributed by atoms with Gasteiger partial charge in [0.2, 0.25) is 10.0 Å². The van der Waals surface area contributed by atoms with Gasteiger partial charge in [-0.05, 0) is 72.2 Å². The highest BCUT2D eigenvalue weighted by atomic mass is 32.2. The first-order valence-electron chi connectivity index (χ1n) is 12.6. The van der Waals surface area contributed by atoms with Crippen molar-refractivity contribution in [1.29, 1.82) is 0 Å². The number of benzene rings is 2. The molecule has 2 aromatic carbocycles. The summed E-state index contributed by atoms with van der Waals surface area (Å²) in [5.74, 6) is -0.118. The molecule has 1 saturated heterocycles. The van der Waals surface area contributed by atoms with E-state index in [2.05, 4.69) is 30.5 Å². The van der Waals surface area contributed by atoms with Gasteiger partial charge < -0.3 is 25.2 Å². The number of carbonyl (C=O) groups is 1. The number of piperidine rings is 1. The van der Waals surface area contributed by atoms with Crippen LogP contribution < -0.4 is 14.9 Å². The number of aliphatic hydroxyl groups is 1. The predicted molar refractivity (Wildman–Crippen MR) is 145 cm³/mol. The summed E-state index contributed by atoms with van der Waals surface area (Å²) in [6.07, 6.45) is 1.89. The number of rotatable bonds is 11. The van der Waals surface area contributed by atoms with Gasteiger partial charge in [0.05, 0.1) is 24.7 Å². The summed E-state index contributed by atoms with van der Waals surface area (Å²) in [5.41, 5.74) is 2.39. The van der Waals surface area contributed by atoms with Crippen molar-refractivity contribution in [3.8, 4) is 17.1 Å². The highest BCUT2D eigenvalue weighted by Crippen LogP contribution is 2.28. The maximum atomic E-state index is 11.8. The van der Waals surface area contributed by atoms with Gasteiger partial charge in [0.1, 0.15) is 12.3 Å². The summed E-state index contributed by atoms with van der Waals surface area (Å²) in [7, 11) is -3.56. The molecule has 0 radical (unpaired) electrons. The van der Waals surface area contributed by atoms with Gasteiger partial charge in [-0.1, -0.05) is 6.07 Å². The van der Waals surface area contributed by atoms with Crippen LogP contribution in [0.4, 0.5) is 11.4 Å². The van der Waals surface area contributed by atoms with Crippen molar-refractivity contribution < 1.29 is 28.2 Å². The highest BCUT2D eigenvalue weighted by molar-refractivity contribution is 7.92. The van der Waals surface area contributed by atoms with Gasteiger partial charge >= 0.3 is 5.97 Å². The van der Waals surface area contributed by atoms with E-state index in [1.54, 1.807) is 13.0 Å². The number of nitrogens with zero attached hydrogens (tertiary/aromatic N) is 5. The number of hydrogen-bond acceptors (Lipinski definition) is 11. The monoisotopic (exact) mass is 559 g/mol. The van der Waals surface area contributed by atoms with Crippen LogP contribution in [0.1, 0.15) is 31.4 Å². The molecule has 0 aliphatic carbocycles. The second-order valence-electron chi connectivity index (χ2n) is 9.35. The molecule has 0 unspecified atom stereocenters. The fourth-order valence-corrected chi connectivity index (χ4v) is 5.01. The number of aliphatic hydroxyl groups excluding tert-OH is 1. The largest absolute Gasteiger partial charge is 0.506 e. The maximum absolute atomic E-state index is 11.8. The number of carbonyl (C=O) groups excluding carboxylic acids is 1. The first-order valence-corrected chi connectivity index (χ1v) is 14.5. The van der Waals surface area contributed by atoms with Crippen LogP contribution in [-0.4, -0.2) is 83.3 Å². The molecule has 2 heterocycles. The summed E-state index contributed by atoms with van der Waals surface area (Å²) in [6.45, 7) is 3.93. The maximum Gasteiger partial charge on any atom is 0.327 e. The van der Waals surface area contributed by atoms with Crippen molar-refractivity contribution >= 4 is 27.4 Å². The molecule has 1 aliphatic heterocycles. The molecular weight excluding hydrogens is 526 g/mol. The Morgan fingerprint density at radius 2 is 1.90 bits per heavy atom. The van der Waals surface area contributed by atoms with E-state index >= 15 is 0 Å².